The molecule has 1 aliphatic rings. The van der Waals surface area contributed by atoms with Crippen molar-refractivity contribution in [2.75, 3.05) is 18.0 Å². The zero-order valence-electron chi connectivity index (χ0n) is 16.8. The number of carbonyl (C=O) groups is 1. The second kappa shape index (κ2) is 8.64. The van der Waals surface area contributed by atoms with E-state index in [1.807, 2.05) is 24.3 Å². The molecule has 0 aliphatic carbocycles. The molecule has 0 atom stereocenters. The van der Waals surface area contributed by atoms with Crippen molar-refractivity contribution >= 4 is 17.4 Å². The van der Waals surface area contributed by atoms with Crippen molar-refractivity contribution in [3.63, 3.8) is 0 Å². The van der Waals surface area contributed by atoms with E-state index in [0.29, 0.717) is 23.8 Å². The first-order valence-electron chi connectivity index (χ1n) is 9.69. The molecule has 0 N–H and O–H groups in total. The van der Waals surface area contributed by atoms with Gasteiger partial charge in [0.05, 0.1) is 5.69 Å². The van der Waals surface area contributed by atoms with E-state index in [-0.39, 0.29) is 5.56 Å². The Morgan fingerprint density at radius 1 is 1.13 bits per heavy atom. The minimum atomic E-state index is -0.611. The van der Waals surface area contributed by atoms with Gasteiger partial charge >= 0.3 is 0 Å². The van der Waals surface area contributed by atoms with Gasteiger partial charge in [-0.1, -0.05) is 30.3 Å². The summed E-state index contributed by atoms with van der Waals surface area (Å²) in [6.07, 6.45) is 6.29. The second-order valence-corrected chi connectivity index (χ2v) is 7.09. The molecule has 2 aromatic heterocycles. The Morgan fingerprint density at radius 2 is 1.87 bits per heavy atom. The lowest BCUT2D eigenvalue weighted by Gasteiger charge is -2.30. The lowest BCUT2D eigenvalue weighted by Crippen LogP contribution is -2.35. The third-order valence-corrected chi connectivity index (χ3v) is 5.16. The highest BCUT2D eigenvalue weighted by atomic mass is 16.1. The van der Waals surface area contributed by atoms with Crippen LogP contribution in [0.3, 0.4) is 0 Å². The lowest BCUT2D eigenvalue weighted by atomic mass is 10.00. The zero-order valence-corrected chi connectivity index (χ0v) is 16.8. The molecule has 31 heavy (non-hydrogen) atoms. The van der Waals surface area contributed by atoms with Crippen LogP contribution in [0.1, 0.15) is 22.3 Å². The minimum Gasteiger partial charge on any atom is -0.338 e. The average Bonchev–Trinajstić information content (AvgIpc) is 2.81. The molecule has 1 amide bonds. The van der Waals surface area contributed by atoms with Crippen molar-refractivity contribution in [3.05, 3.63) is 92.9 Å². The van der Waals surface area contributed by atoms with Crippen molar-refractivity contribution in [2.24, 2.45) is 12.2 Å². The Bertz CT molecular complexity index is 1260. The van der Waals surface area contributed by atoms with E-state index in [0.717, 1.165) is 29.7 Å². The quantitative estimate of drug-likeness (QED) is 0.368. The number of rotatable bonds is 4. The van der Waals surface area contributed by atoms with E-state index in [9.17, 15) is 9.59 Å². The first-order chi connectivity index (χ1) is 15.1. The Hall–Kier alpha value is -4.23. The average molecular weight is 413 g/mol. The van der Waals surface area contributed by atoms with Crippen molar-refractivity contribution in [2.45, 2.75) is 6.42 Å². The van der Waals surface area contributed by atoms with Gasteiger partial charge in [0.2, 0.25) is 11.9 Å². The number of nitrogens with zero attached hydrogens (tertiary/aromatic N) is 7. The summed E-state index contributed by atoms with van der Waals surface area (Å²) in [6, 6.07) is 12.1. The molecule has 1 aliphatic heterocycles. The van der Waals surface area contributed by atoms with Gasteiger partial charge in [0, 0.05) is 54.6 Å². The fourth-order valence-corrected chi connectivity index (χ4v) is 3.53. The molecule has 3 heterocycles. The standard InChI is InChI=1S/C22H19N7O2/c1-28-20(30)13-19(16-8-10-24-11-9-16)25-22(28)29-12-2-3-18(14-29)15-4-6-17(7-5-15)21(31)26-27-23/h3-11,13H,2,12,14H2,1H3. The van der Waals surface area contributed by atoms with Crippen molar-refractivity contribution in [1.82, 2.24) is 14.5 Å². The highest BCUT2D eigenvalue weighted by Crippen LogP contribution is 2.25. The molecule has 4 rings (SSSR count). The Labute approximate surface area is 177 Å². The third-order valence-electron chi connectivity index (χ3n) is 5.16. The lowest BCUT2D eigenvalue weighted by molar-refractivity contribution is 0.100. The molecule has 1 aromatic carbocycles. The molecule has 0 unspecified atom stereocenters. The number of benzene rings is 1. The van der Waals surface area contributed by atoms with Crippen molar-refractivity contribution < 1.29 is 4.79 Å². The Balaban J connectivity index is 1.62. The van der Waals surface area contributed by atoms with Gasteiger partial charge in [0.15, 0.2) is 0 Å². The summed E-state index contributed by atoms with van der Waals surface area (Å²) in [5, 5.41) is 3.11. The number of hydrogen-bond acceptors (Lipinski definition) is 5. The number of aromatic nitrogens is 3. The number of hydrogen-bond donors (Lipinski definition) is 0. The molecule has 0 saturated carbocycles. The van der Waals surface area contributed by atoms with Crippen LogP contribution < -0.4 is 10.5 Å². The van der Waals surface area contributed by atoms with Gasteiger partial charge in [-0.05, 0) is 40.3 Å². The van der Waals surface area contributed by atoms with Gasteiger partial charge in [-0.15, -0.1) is 0 Å². The molecule has 0 radical (unpaired) electrons. The molecular weight excluding hydrogens is 394 g/mol. The van der Waals surface area contributed by atoms with Crippen LogP contribution in [0, 0.1) is 0 Å². The number of amides is 1. The Kier molecular flexibility index (Phi) is 5.59. The van der Waals surface area contributed by atoms with Crippen LogP contribution in [0.2, 0.25) is 0 Å². The van der Waals surface area contributed by atoms with Crippen molar-refractivity contribution in [3.8, 4) is 11.3 Å². The SMILES string of the molecule is Cn1c(N2CCC=C(c3ccc(C(=O)N=[N+]=[N-])cc3)C2)nc(-c2ccncc2)cc1=O. The fourth-order valence-electron chi connectivity index (χ4n) is 3.53. The molecule has 0 spiro atoms. The fraction of sp³-hybridized carbons (Fsp3) is 0.182. The van der Waals surface area contributed by atoms with Crippen LogP contribution in [0.25, 0.3) is 27.3 Å². The summed E-state index contributed by atoms with van der Waals surface area (Å²) in [7, 11) is 1.72. The number of azide groups is 1. The Morgan fingerprint density at radius 3 is 2.58 bits per heavy atom. The maximum Gasteiger partial charge on any atom is 0.255 e. The number of anilines is 1. The summed E-state index contributed by atoms with van der Waals surface area (Å²) < 4.78 is 1.55. The normalized spacial score (nSPS) is 13.3. The first-order valence-corrected chi connectivity index (χ1v) is 9.69. The van der Waals surface area contributed by atoms with Crippen LogP contribution in [-0.4, -0.2) is 33.5 Å². The summed E-state index contributed by atoms with van der Waals surface area (Å²) >= 11 is 0. The van der Waals surface area contributed by atoms with E-state index < -0.39 is 5.91 Å². The number of pyridine rings is 1. The smallest absolute Gasteiger partial charge is 0.255 e. The van der Waals surface area contributed by atoms with Crippen LogP contribution in [-0.2, 0) is 7.05 Å². The maximum absolute atomic E-state index is 12.6. The van der Waals surface area contributed by atoms with E-state index >= 15 is 0 Å². The largest absolute Gasteiger partial charge is 0.338 e. The highest BCUT2D eigenvalue weighted by molar-refractivity contribution is 5.95. The monoisotopic (exact) mass is 413 g/mol. The van der Waals surface area contributed by atoms with Crippen LogP contribution in [0.4, 0.5) is 5.95 Å². The topological polar surface area (TPSA) is 117 Å². The molecule has 3 aromatic rings. The van der Waals surface area contributed by atoms with Gasteiger partial charge in [-0.3, -0.25) is 19.1 Å². The van der Waals surface area contributed by atoms with Gasteiger partial charge < -0.3 is 4.90 Å². The zero-order chi connectivity index (χ0) is 21.8. The molecule has 9 heteroatoms. The summed E-state index contributed by atoms with van der Waals surface area (Å²) in [5.41, 5.74) is 12.1. The predicted molar refractivity (Wildman–Crippen MR) is 117 cm³/mol. The van der Waals surface area contributed by atoms with Gasteiger partial charge in [0.1, 0.15) is 0 Å². The summed E-state index contributed by atoms with van der Waals surface area (Å²) in [5.74, 6) is -0.0134. The van der Waals surface area contributed by atoms with E-state index in [2.05, 4.69) is 26.0 Å². The maximum atomic E-state index is 12.6. The molecule has 0 saturated heterocycles. The first kappa shape index (κ1) is 20.1. The van der Waals surface area contributed by atoms with Gasteiger partial charge in [0.25, 0.3) is 5.56 Å². The van der Waals surface area contributed by atoms with Crippen molar-refractivity contribution in [1.29, 1.82) is 0 Å². The summed E-state index contributed by atoms with van der Waals surface area (Å²) in [4.78, 5) is 37.7. The van der Waals surface area contributed by atoms with E-state index in [1.165, 1.54) is 6.07 Å². The molecule has 0 bridgehead atoms. The molecule has 9 nitrogen and oxygen atoms in total. The van der Waals surface area contributed by atoms with Crippen LogP contribution in [0.5, 0.6) is 0 Å². The second-order valence-electron chi connectivity index (χ2n) is 7.09. The molecule has 0 fully saturated rings. The molecular formula is C22H19N7O2. The third kappa shape index (κ3) is 4.22. The van der Waals surface area contributed by atoms with E-state index in [4.69, 9.17) is 10.5 Å². The minimum absolute atomic E-state index is 0.131. The number of carbonyl (C=O) groups excluding carboxylic acids is 1. The molecule has 154 valence electrons. The van der Waals surface area contributed by atoms with Gasteiger partial charge in [-0.2, -0.15) is 0 Å². The van der Waals surface area contributed by atoms with Crippen LogP contribution >= 0.6 is 0 Å². The summed E-state index contributed by atoms with van der Waals surface area (Å²) in [6.45, 7) is 1.31. The highest BCUT2D eigenvalue weighted by Gasteiger charge is 2.19. The van der Waals surface area contributed by atoms with E-state index in [1.54, 1.807) is 36.1 Å². The van der Waals surface area contributed by atoms with Gasteiger partial charge in [-0.25, -0.2) is 4.98 Å². The van der Waals surface area contributed by atoms with Crippen LogP contribution in [0.15, 0.2) is 70.8 Å². The predicted octanol–water partition coefficient (Wildman–Crippen LogP) is 3.59.